The minimum atomic E-state index is -1.28. The summed E-state index contributed by atoms with van der Waals surface area (Å²) in [4.78, 5) is 22.9. The second-order valence-corrected chi connectivity index (χ2v) is 2.36. The Balaban J connectivity index is 3.74. The molecule has 1 heterocycles. The summed E-state index contributed by atoms with van der Waals surface area (Å²) in [6.07, 6.45) is 0. The highest BCUT2D eigenvalue weighted by Crippen LogP contribution is 2.01. The van der Waals surface area contributed by atoms with Crippen LogP contribution in [0.3, 0.4) is 0 Å². The number of aromatic amines is 1. The Kier molecular flexibility index (Phi) is 2.01. The van der Waals surface area contributed by atoms with Crippen molar-refractivity contribution in [1.82, 2.24) is 9.07 Å². The highest BCUT2D eigenvalue weighted by atomic mass is 35.5. The van der Waals surface area contributed by atoms with Gasteiger partial charge in [0.05, 0.1) is 0 Å². The molecule has 1 aromatic rings. The number of hydrogen-bond donors (Lipinski definition) is 1. The molecule has 0 bridgehead atoms. The maximum atomic E-state index is 12.5. The molecule has 0 atom stereocenters. The molecule has 0 aromatic carbocycles. The predicted molar refractivity (Wildman–Crippen MR) is 37.5 cm³/mol. The molecule has 0 radical (unpaired) electrons. The van der Waals surface area contributed by atoms with Gasteiger partial charge in [0.15, 0.2) is 5.15 Å². The minimum Gasteiger partial charge on any atom is -0.294 e. The van der Waals surface area contributed by atoms with E-state index in [2.05, 4.69) is 0 Å². The Morgan fingerprint density at radius 1 is 1.45 bits per heavy atom. The number of rotatable bonds is 0. The SMILES string of the molecule is O=c1[nH]c(Cl)c(F)c(=O)n1Cl. The van der Waals surface area contributed by atoms with Gasteiger partial charge in [-0.3, -0.25) is 9.78 Å². The maximum Gasteiger partial charge on any atom is 0.344 e. The summed E-state index contributed by atoms with van der Waals surface area (Å²) in [5.41, 5.74) is -2.23. The molecular weight excluding hydrogens is 198 g/mol. The average Bonchev–Trinajstić information content (AvgIpc) is 1.97. The van der Waals surface area contributed by atoms with Gasteiger partial charge in [0.25, 0.3) is 0 Å². The second-order valence-electron chi connectivity index (χ2n) is 1.64. The van der Waals surface area contributed by atoms with Crippen molar-refractivity contribution in [2.24, 2.45) is 0 Å². The van der Waals surface area contributed by atoms with E-state index in [1.54, 1.807) is 0 Å². The van der Waals surface area contributed by atoms with Gasteiger partial charge in [0.1, 0.15) is 0 Å². The smallest absolute Gasteiger partial charge is 0.294 e. The fraction of sp³-hybridized carbons (Fsp3) is 0. The summed E-state index contributed by atoms with van der Waals surface area (Å²) < 4.78 is 12.5. The molecule has 0 aliphatic heterocycles. The van der Waals surface area contributed by atoms with Crippen molar-refractivity contribution in [1.29, 1.82) is 0 Å². The van der Waals surface area contributed by atoms with Crippen LogP contribution in [-0.4, -0.2) is 9.07 Å². The van der Waals surface area contributed by atoms with Crippen LogP contribution in [-0.2, 0) is 0 Å². The van der Waals surface area contributed by atoms with Crippen molar-refractivity contribution in [3.63, 3.8) is 0 Å². The number of H-pyrrole nitrogens is 1. The summed E-state index contributed by atoms with van der Waals surface area (Å²) in [7, 11) is 0. The highest BCUT2D eigenvalue weighted by Gasteiger charge is 2.09. The molecule has 0 spiro atoms. The first kappa shape index (κ1) is 8.29. The van der Waals surface area contributed by atoms with E-state index in [1.165, 1.54) is 0 Å². The fourth-order valence-corrected chi connectivity index (χ4v) is 0.748. The quantitative estimate of drug-likeness (QED) is 0.612. The average molecular weight is 199 g/mol. The van der Waals surface area contributed by atoms with Crippen molar-refractivity contribution in [3.05, 3.63) is 31.8 Å². The first-order chi connectivity index (χ1) is 5.04. The van der Waals surface area contributed by atoms with Crippen LogP contribution in [0.25, 0.3) is 0 Å². The standard InChI is InChI=1S/C4HCl2FN2O2/c5-2-1(7)3(10)9(6)4(11)8-2/h(H,8,11). The molecule has 1 aromatic heterocycles. The lowest BCUT2D eigenvalue weighted by Gasteiger charge is -1.93. The van der Waals surface area contributed by atoms with Crippen LogP contribution in [0.2, 0.25) is 5.15 Å². The molecular formula is C4HCl2FN2O2. The third-order valence-electron chi connectivity index (χ3n) is 0.954. The molecule has 1 N–H and O–H groups in total. The Morgan fingerprint density at radius 3 is 2.55 bits per heavy atom. The van der Waals surface area contributed by atoms with E-state index in [4.69, 9.17) is 23.4 Å². The lowest BCUT2D eigenvalue weighted by molar-refractivity contribution is 0.592. The van der Waals surface area contributed by atoms with Gasteiger partial charge in [-0.2, -0.15) is 8.48 Å². The Hall–Kier alpha value is -0.810. The summed E-state index contributed by atoms with van der Waals surface area (Å²) >= 11 is 10.1. The monoisotopic (exact) mass is 198 g/mol. The van der Waals surface area contributed by atoms with E-state index >= 15 is 0 Å². The molecule has 0 amide bonds. The lowest BCUT2D eigenvalue weighted by Crippen LogP contribution is -2.31. The molecule has 0 saturated heterocycles. The first-order valence-electron chi connectivity index (χ1n) is 2.40. The molecule has 0 unspecified atom stereocenters. The van der Waals surface area contributed by atoms with Crippen LogP contribution in [0, 0.1) is 5.82 Å². The van der Waals surface area contributed by atoms with Crippen LogP contribution in [0.1, 0.15) is 0 Å². The van der Waals surface area contributed by atoms with Gasteiger partial charge < -0.3 is 0 Å². The van der Waals surface area contributed by atoms with Crippen molar-refractivity contribution in [2.45, 2.75) is 0 Å². The number of halogens is 3. The number of hydrogen-bond acceptors (Lipinski definition) is 2. The zero-order chi connectivity index (χ0) is 8.59. The molecule has 11 heavy (non-hydrogen) atoms. The van der Waals surface area contributed by atoms with E-state index in [0.29, 0.717) is 0 Å². The van der Waals surface area contributed by atoms with Gasteiger partial charge in [-0.1, -0.05) is 11.6 Å². The Bertz CT molecular complexity index is 396. The Morgan fingerprint density at radius 2 is 2.00 bits per heavy atom. The first-order valence-corrected chi connectivity index (χ1v) is 3.12. The topological polar surface area (TPSA) is 54.9 Å². The zero-order valence-electron chi connectivity index (χ0n) is 4.90. The number of aromatic nitrogens is 2. The largest absolute Gasteiger partial charge is 0.344 e. The van der Waals surface area contributed by atoms with Gasteiger partial charge >= 0.3 is 11.2 Å². The molecule has 7 heteroatoms. The van der Waals surface area contributed by atoms with Crippen molar-refractivity contribution in [3.8, 4) is 0 Å². The molecule has 4 nitrogen and oxygen atoms in total. The zero-order valence-corrected chi connectivity index (χ0v) is 6.41. The van der Waals surface area contributed by atoms with Gasteiger partial charge in [-0.25, -0.2) is 4.79 Å². The third-order valence-corrected chi connectivity index (χ3v) is 1.52. The summed E-state index contributed by atoms with van der Waals surface area (Å²) in [6.45, 7) is 0. The third kappa shape index (κ3) is 1.29. The van der Waals surface area contributed by atoms with E-state index in [1.807, 2.05) is 4.98 Å². The van der Waals surface area contributed by atoms with Gasteiger partial charge in [-0.15, -0.1) is 0 Å². The molecule has 60 valence electrons. The van der Waals surface area contributed by atoms with Gasteiger partial charge in [-0.05, 0) is 0 Å². The molecule has 0 saturated carbocycles. The van der Waals surface area contributed by atoms with E-state index in [-0.39, 0.29) is 4.09 Å². The van der Waals surface area contributed by atoms with E-state index < -0.39 is 22.2 Å². The van der Waals surface area contributed by atoms with Crippen LogP contribution in [0.15, 0.2) is 9.59 Å². The van der Waals surface area contributed by atoms with Crippen molar-refractivity contribution < 1.29 is 4.39 Å². The summed E-state index contributed by atoms with van der Waals surface area (Å²) in [5.74, 6) is -1.28. The van der Waals surface area contributed by atoms with Crippen molar-refractivity contribution in [2.75, 3.05) is 0 Å². The van der Waals surface area contributed by atoms with E-state index in [9.17, 15) is 14.0 Å². The molecule has 0 fully saturated rings. The van der Waals surface area contributed by atoms with Crippen LogP contribution in [0.5, 0.6) is 0 Å². The Labute approximate surface area is 69.3 Å². The fourth-order valence-electron chi connectivity index (χ4n) is 0.470. The summed E-state index contributed by atoms with van der Waals surface area (Å²) in [6, 6.07) is 0. The minimum absolute atomic E-state index is 0.0706. The number of nitrogens with zero attached hydrogens (tertiary/aromatic N) is 1. The summed E-state index contributed by atoms with van der Waals surface area (Å²) in [5, 5.41) is -0.642. The van der Waals surface area contributed by atoms with Crippen LogP contribution < -0.4 is 11.2 Å². The van der Waals surface area contributed by atoms with Crippen LogP contribution >= 0.6 is 23.4 Å². The van der Waals surface area contributed by atoms with E-state index in [0.717, 1.165) is 0 Å². The predicted octanol–water partition coefficient (Wildman–Crippen LogP) is 0.331. The van der Waals surface area contributed by atoms with Crippen molar-refractivity contribution >= 4 is 23.4 Å². The lowest BCUT2D eigenvalue weighted by atomic mass is 10.6. The van der Waals surface area contributed by atoms with Crippen LogP contribution in [0.4, 0.5) is 4.39 Å². The molecule has 1 rings (SSSR count). The van der Waals surface area contributed by atoms with Gasteiger partial charge in [0, 0.05) is 11.8 Å². The normalized spacial score (nSPS) is 10.1. The highest BCUT2D eigenvalue weighted by molar-refractivity contribution is 6.29. The number of nitrogens with one attached hydrogen (secondary N) is 1. The molecule has 0 aliphatic rings. The molecule has 0 aliphatic carbocycles. The maximum absolute atomic E-state index is 12.5. The van der Waals surface area contributed by atoms with Gasteiger partial charge in [0.2, 0.25) is 5.82 Å². The second kappa shape index (κ2) is 2.67.